The normalized spacial score (nSPS) is 10.0. The zero-order valence-electron chi connectivity index (χ0n) is 10.7. The lowest BCUT2D eigenvalue weighted by atomic mass is 10.3. The SMILES string of the molecule is O=C(COC(=O)c1ccnc(Cl)c1)Nc1ccccc1Cl. The molecular weight excluding hydrogens is 315 g/mol. The third-order valence-electron chi connectivity index (χ3n) is 2.44. The molecule has 108 valence electrons. The number of amides is 1. The molecule has 0 unspecified atom stereocenters. The van der Waals surface area contributed by atoms with Gasteiger partial charge in [0.25, 0.3) is 5.91 Å². The Bertz CT molecular complexity index is 677. The Hall–Kier alpha value is -2.11. The van der Waals surface area contributed by atoms with Crippen LogP contribution < -0.4 is 5.32 Å². The second kappa shape index (κ2) is 7.06. The average Bonchev–Trinajstić information content (AvgIpc) is 2.47. The number of halogens is 2. The van der Waals surface area contributed by atoms with E-state index < -0.39 is 18.5 Å². The van der Waals surface area contributed by atoms with Crippen LogP contribution in [0.4, 0.5) is 5.69 Å². The highest BCUT2D eigenvalue weighted by atomic mass is 35.5. The third kappa shape index (κ3) is 4.44. The van der Waals surface area contributed by atoms with Crippen LogP contribution in [0.2, 0.25) is 10.2 Å². The van der Waals surface area contributed by atoms with Crippen LogP contribution in [0.25, 0.3) is 0 Å². The van der Waals surface area contributed by atoms with Crippen molar-refractivity contribution < 1.29 is 14.3 Å². The Morgan fingerprint density at radius 2 is 1.95 bits per heavy atom. The predicted molar refractivity (Wildman–Crippen MR) is 79.6 cm³/mol. The largest absolute Gasteiger partial charge is 0.452 e. The van der Waals surface area contributed by atoms with Gasteiger partial charge in [-0.2, -0.15) is 0 Å². The van der Waals surface area contributed by atoms with Crippen LogP contribution in [0.1, 0.15) is 10.4 Å². The van der Waals surface area contributed by atoms with E-state index in [4.69, 9.17) is 27.9 Å². The lowest BCUT2D eigenvalue weighted by Gasteiger charge is -2.07. The van der Waals surface area contributed by atoms with Crippen LogP contribution >= 0.6 is 23.2 Å². The Labute approximate surface area is 130 Å². The molecule has 21 heavy (non-hydrogen) atoms. The molecule has 0 spiro atoms. The van der Waals surface area contributed by atoms with Gasteiger partial charge in [0.1, 0.15) is 5.15 Å². The monoisotopic (exact) mass is 324 g/mol. The van der Waals surface area contributed by atoms with E-state index in [2.05, 4.69) is 10.3 Å². The highest BCUT2D eigenvalue weighted by Gasteiger charge is 2.11. The summed E-state index contributed by atoms with van der Waals surface area (Å²) in [4.78, 5) is 27.1. The zero-order valence-corrected chi connectivity index (χ0v) is 12.2. The Balaban J connectivity index is 1.90. The molecule has 0 aliphatic carbocycles. The van der Waals surface area contributed by atoms with Gasteiger partial charge in [0.15, 0.2) is 6.61 Å². The number of aromatic nitrogens is 1. The van der Waals surface area contributed by atoms with Crippen LogP contribution in [0, 0.1) is 0 Å². The minimum atomic E-state index is -0.659. The number of rotatable bonds is 4. The van der Waals surface area contributed by atoms with Gasteiger partial charge in [-0.05, 0) is 24.3 Å². The van der Waals surface area contributed by atoms with Gasteiger partial charge in [-0.3, -0.25) is 4.79 Å². The smallest absolute Gasteiger partial charge is 0.338 e. The molecule has 0 aliphatic heterocycles. The van der Waals surface area contributed by atoms with Crippen molar-refractivity contribution in [1.29, 1.82) is 0 Å². The number of ether oxygens (including phenoxy) is 1. The maximum Gasteiger partial charge on any atom is 0.338 e. The standard InChI is InChI=1S/C14H10Cl2N2O3/c15-10-3-1-2-4-11(10)18-13(19)8-21-14(20)9-5-6-17-12(16)7-9/h1-7H,8H2,(H,18,19). The second-order valence-corrected chi connectivity index (χ2v) is 4.77. The number of nitrogens with one attached hydrogen (secondary N) is 1. The first-order valence-electron chi connectivity index (χ1n) is 5.89. The number of anilines is 1. The summed E-state index contributed by atoms with van der Waals surface area (Å²) in [5, 5.41) is 3.11. The molecule has 0 saturated heterocycles. The van der Waals surface area contributed by atoms with E-state index in [-0.39, 0.29) is 10.7 Å². The number of carbonyl (C=O) groups is 2. The first-order valence-corrected chi connectivity index (χ1v) is 6.65. The van der Waals surface area contributed by atoms with Gasteiger partial charge in [-0.1, -0.05) is 35.3 Å². The summed E-state index contributed by atoms with van der Waals surface area (Å²) in [5.41, 5.74) is 0.674. The first-order chi connectivity index (χ1) is 10.1. The van der Waals surface area contributed by atoms with E-state index in [1.54, 1.807) is 24.3 Å². The molecule has 0 fully saturated rings. The van der Waals surface area contributed by atoms with Gasteiger partial charge in [-0.25, -0.2) is 9.78 Å². The summed E-state index contributed by atoms with van der Waals surface area (Å²) in [6.07, 6.45) is 1.38. The van der Waals surface area contributed by atoms with Crippen molar-refractivity contribution in [1.82, 2.24) is 4.98 Å². The van der Waals surface area contributed by atoms with E-state index >= 15 is 0 Å². The van der Waals surface area contributed by atoms with Crippen molar-refractivity contribution in [3.05, 3.63) is 58.3 Å². The number of carbonyl (C=O) groups excluding carboxylic acids is 2. The molecule has 7 heteroatoms. The van der Waals surface area contributed by atoms with Gasteiger partial charge in [0, 0.05) is 6.20 Å². The minimum absolute atomic E-state index is 0.171. The highest BCUT2D eigenvalue weighted by molar-refractivity contribution is 6.33. The molecule has 5 nitrogen and oxygen atoms in total. The molecule has 2 aromatic rings. The van der Waals surface area contributed by atoms with Crippen LogP contribution in [0.3, 0.4) is 0 Å². The van der Waals surface area contributed by atoms with Gasteiger partial charge in [0.2, 0.25) is 0 Å². The van der Waals surface area contributed by atoms with E-state index in [9.17, 15) is 9.59 Å². The molecule has 0 bridgehead atoms. The van der Waals surface area contributed by atoms with Crippen LogP contribution in [0.15, 0.2) is 42.6 Å². The summed E-state index contributed by atoms with van der Waals surface area (Å²) >= 11 is 11.6. The molecule has 0 radical (unpaired) electrons. The van der Waals surface area contributed by atoms with Crippen molar-refractivity contribution in [3.63, 3.8) is 0 Å². The molecule has 1 aromatic heterocycles. The number of pyridine rings is 1. The number of benzene rings is 1. The minimum Gasteiger partial charge on any atom is -0.452 e. The fourth-order valence-electron chi connectivity index (χ4n) is 1.49. The molecule has 2 rings (SSSR count). The number of hydrogen-bond acceptors (Lipinski definition) is 4. The van der Waals surface area contributed by atoms with Crippen molar-refractivity contribution in [2.45, 2.75) is 0 Å². The van der Waals surface area contributed by atoms with E-state index in [1.807, 2.05) is 0 Å². The molecule has 1 aromatic carbocycles. The quantitative estimate of drug-likeness (QED) is 0.692. The zero-order chi connectivity index (χ0) is 15.2. The summed E-state index contributed by atoms with van der Waals surface area (Å²) in [5.74, 6) is -1.15. The Morgan fingerprint density at radius 3 is 2.67 bits per heavy atom. The third-order valence-corrected chi connectivity index (χ3v) is 2.98. The van der Waals surface area contributed by atoms with Crippen LogP contribution in [-0.2, 0) is 9.53 Å². The van der Waals surface area contributed by atoms with E-state index in [0.717, 1.165) is 0 Å². The van der Waals surface area contributed by atoms with Crippen molar-refractivity contribution in [2.24, 2.45) is 0 Å². The molecule has 1 amide bonds. The van der Waals surface area contributed by atoms with Crippen molar-refractivity contribution in [3.8, 4) is 0 Å². The topological polar surface area (TPSA) is 68.3 Å². The number of hydrogen-bond donors (Lipinski definition) is 1. The number of para-hydroxylation sites is 1. The number of nitrogens with zero attached hydrogens (tertiary/aromatic N) is 1. The van der Waals surface area contributed by atoms with Gasteiger partial charge < -0.3 is 10.1 Å². The number of esters is 1. The van der Waals surface area contributed by atoms with Crippen LogP contribution in [-0.4, -0.2) is 23.5 Å². The van der Waals surface area contributed by atoms with Crippen molar-refractivity contribution in [2.75, 3.05) is 11.9 Å². The van der Waals surface area contributed by atoms with Gasteiger partial charge >= 0.3 is 5.97 Å². The van der Waals surface area contributed by atoms with Gasteiger partial charge in [-0.15, -0.1) is 0 Å². The van der Waals surface area contributed by atoms with Crippen LogP contribution in [0.5, 0.6) is 0 Å². The molecule has 0 atom stereocenters. The summed E-state index contributed by atoms with van der Waals surface area (Å²) in [6.45, 7) is -0.427. The fourth-order valence-corrected chi connectivity index (χ4v) is 1.85. The molecule has 0 saturated carbocycles. The Morgan fingerprint density at radius 1 is 1.19 bits per heavy atom. The van der Waals surface area contributed by atoms with Gasteiger partial charge in [0.05, 0.1) is 16.3 Å². The second-order valence-electron chi connectivity index (χ2n) is 3.97. The lowest BCUT2D eigenvalue weighted by Crippen LogP contribution is -2.21. The fraction of sp³-hybridized carbons (Fsp3) is 0.0714. The maximum absolute atomic E-state index is 11.7. The Kier molecular flexibility index (Phi) is 5.14. The molecule has 1 N–H and O–H groups in total. The summed E-state index contributed by atoms with van der Waals surface area (Å²) < 4.78 is 4.88. The summed E-state index contributed by atoms with van der Waals surface area (Å²) in [6, 6.07) is 9.56. The first kappa shape index (κ1) is 15.3. The van der Waals surface area contributed by atoms with Crippen molar-refractivity contribution >= 4 is 40.8 Å². The van der Waals surface area contributed by atoms with E-state index in [1.165, 1.54) is 18.3 Å². The molecule has 1 heterocycles. The highest BCUT2D eigenvalue weighted by Crippen LogP contribution is 2.20. The molecule has 0 aliphatic rings. The lowest BCUT2D eigenvalue weighted by molar-refractivity contribution is -0.119. The maximum atomic E-state index is 11.7. The average molecular weight is 325 g/mol. The predicted octanol–water partition coefficient (Wildman–Crippen LogP) is 3.18. The molecular formula is C14H10Cl2N2O3. The summed E-state index contributed by atoms with van der Waals surface area (Å²) in [7, 11) is 0. The van der Waals surface area contributed by atoms with E-state index in [0.29, 0.717) is 10.7 Å².